The van der Waals surface area contributed by atoms with Crippen LogP contribution in [0.25, 0.3) is 16.6 Å². The molecule has 0 aliphatic carbocycles. The van der Waals surface area contributed by atoms with E-state index in [-0.39, 0.29) is 23.6 Å². The minimum absolute atomic E-state index is 0.0795. The number of aromatic nitrogens is 2. The molecule has 0 aliphatic rings. The SMILES string of the molecule is COCCNS(=O)(=O)c1cc(C(=O)O)cc(-n2ncc3ccccc32)c1. The summed E-state index contributed by atoms with van der Waals surface area (Å²) in [6, 6.07) is 11.3. The van der Waals surface area contributed by atoms with E-state index in [4.69, 9.17) is 4.74 Å². The van der Waals surface area contributed by atoms with Crippen molar-refractivity contribution >= 4 is 26.9 Å². The Kier molecular flexibility index (Phi) is 5.03. The maximum atomic E-state index is 12.5. The zero-order valence-electron chi connectivity index (χ0n) is 13.9. The van der Waals surface area contributed by atoms with E-state index < -0.39 is 16.0 Å². The Labute approximate surface area is 150 Å². The van der Waals surface area contributed by atoms with Crippen molar-refractivity contribution < 1.29 is 23.1 Å². The van der Waals surface area contributed by atoms with E-state index in [1.54, 1.807) is 6.20 Å². The first-order chi connectivity index (χ1) is 12.4. The number of ether oxygens (including phenoxy) is 1. The molecule has 1 aromatic heterocycles. The predicted octanol–water partition coefficient (Wildman–Crippen LogP) is 1.65. The summed E-state index contributed by atoms with van der Waals surface area (Å²) in [5.41, 5.74) is 0.943. The summed E-state index contributed by atoms with van der Waals surface area (Å²) < 4.78 is 33.7. The van der Waals surface area contributed by atoms with Crippen LogP contribution in [0.2, 0.25) is 0 Å². The van der Waals surface area contributed by atoms with Gasteiger partial charge in [-0.3, -0.25) is 0 Å². The summed E-state index contributed by atoms with van der Waals surface area (Å²) in [7, 11) is -2.43. The van der Waals surface area contributed by atoms with Gasteiger partial charge in [-0.2, -0.15) is 5.10 Å². The fraction of sp³-hybridized carbons (Fsp3) is 0.176. The van der Waals surface area contributed by atoms with Crippen LogP contribution in [-0.2, 0) is 14.8 Å². The maximum absolute atomic E-state index is 12.5. The van der Waals surface area contributed by atoms with E-state index in [1.807, 2.05) is 24.3 Å². The van der Waals surface area contributed by atoms with Crippen molar-refractivity contribution in [1.29, 1.82) is 0 Å². The van der Waals surface area contributed by atoms with E-state index in [9.17, 15) is 18.3 Å². The molecule has 8 nitrogen and oxygen atoms in total. The van der Waals surface area contributed by atoms with Gasteiger partial charge in [-0.05, 0) is 24.3 Å². The van der Waals surface area contributed by atoms with Crippen molar-refractivity contribution in [3.05, 3.63) is 54.2 Å². The highest BCUT2D eigenvalue weighted by molar-refractivity contribution is 7.89. The Morgan fingerprint density at radius 1 is 1.27 bits per heavy atom. The largest absolute Gasteiger partial charge is 0.478 e. The molecule has 2 aromatic carbocycles. The third-order valence-corrected chi connectivity index (χ3v) is 5.21. The lowest BCUT2D eigenvalue weighted by molar-refractivity contribution is 0.0696. The molecule has 0 saturated carbocycles. The van der Waals surface area contributed by atoms with Crippen LogP contribution < -0.4 is 4.72 Å². The molecule has 0 bridgehead atoms. The highest BCUT2D eigenvalue weighted by atomic mass is 32.2. The van der Waals surface area contributed by atoms with Crippen LogP contribution in [-0.4, -0.2) is 49.5 Å². The molecule has 0 radical (unpaired) electrons. The molecule has 3 aromatic rings. The van der Waals surface area contributed by atoms with Crippen molar-refractivity contribution in [3.63, 3.8) is 0 Å². The van der Waals surface area contributed by atoms with Crippen LogP contribution >= 0.6 is 0 Å². The van der Waals surface area contributed by atoms with E-state index in [2.05, 4.69) is 9.82 Å². The second kappa shape index (κ2) is 7.24. The molecule has 0 fully saturated rings. The summed E-state index contributed by atoms with van der Waals surface area (Å²) in [6.45, 7) is 0.282. The van der Waals surface area contributed by atoms with Gasteiger partial charge in [0, 0.05) is 19.0 Å². The van der Waals surface area contributed by atoms with Crippen LogP contribution in [0.4, 0.5) is 0 Å². The number of carbonyl (C=O) groups is 1. The van der Waals surface area contributed by atoms with Gasteiger partial charge in [0.1, 0.15) is 0 Å². The van der Waals surface area contributed by atoms with Crippen molar-refractivity contribution in [2.75, 3.05) is 20.3 Å². The van der Waals surface area contributed by atoms with Gasteiger partial charge in [-0.25, -0.2) is 22.6 Å². The normalized spacial score (nSPS) is 11.7. The van der Waals surface area contributed by atoms with Gasteiger partial charge in [0.2, 0.25) is 10.0 Å². The standard InChI is InChI=1S/C17H17N3O5S/c1-25-7-6-19-26(23,24)15-9-13(17(21)22)8-14(10-15)20-16-5-3-2-4-12(16)11-18-20/h2-5,8-11,19H,6-7H2,1H3,(H,21,22). The number of hydrogen-bond donors (Lipinski definition) is 2. The van der Waals surface area contributed by atoms with E-state index in [1.165, 1.54) is 23.9 Å². The molecule has 0 aliphatic heterocycles. The number of nitrogens with zero attached hydrogens (tertiary/aromatic N) is 2. The number of aromatic carboxylic acids is 1. The number of methoxy groups -OCH3 is 1. The minimum Gasteiger partial charge on any atom is -0.478 e. The second-order valence-electron chi connectivity index (χ2n) is 5.53. The van der Waals surface area contributed by atoms with Crippen molar-refractivity contribution in [1.82, 2.24) is 14.5 Å². The summed E-state index contributed by atoms with van der Waals surface area (Å²) in [5.74, 6) is -1.23. The van der Waals surface area contributed by atoms with E-state index in [0.29, 0.717) is 5.69 Å². The molecule has 1 heterocycles. The average molecular weight is 375 g/mol. The van der Waals surface area contributed by atoms with Crippen molar-refractivity contribution in [2.24, 2.45) is 0 Å². The Morgan fingerprint density at radius 2 is 2.04 bits per heavy atom. The number of carboxylic acid groups (broad SMARTS) is 1. The molecule has 0 amide bonds. The Hall–Kier alpha value is -2.75. The molecule has 0 saturated heterocycles. The summed E-state index contributed by atoms with van der Waals surface area (Å²) in [4.78, 5) is 11.3. The average Bonchev–Trinajstić information content (AvgIpc) is 3.05. The summed E-state index contributed by atoms with van der Waals surface area (Å²) >= 11 is 0. The van der Waals surface area contributed by atoms with Crippen LogP contribution in [0.3, 0.4) is 0 Å². The van der Waals surface area contributed by atoms with Crippen LogP contribution in [0.1, 0.15) is 10.4 Å². The number of rotatable bonds is 7. The van der Waals surface area contributed by atoms with Gasteiger partial charge in [0.15, 0.2) is 0 Å². The lowest BCUT2D eigenvalue weighted by Crippen LogP contribution is -2.27. The van der Waals surface area contributed by atoms with Crippen LogP contribution in [0.15, 0.2) is 53.6 Å². The van der Waals surface area contributed by atoms with Crippen molar-refractivity contribution in [3.8, 4) is 5.69 Å². The van der Waals surface area contributed by atoms with Gasteiger partial charge in [0.05, 0.1) is 34.5 Å². The third kappa shape index (κ3) is 3.59. The fourth-order valence-corrected chi connectivity index (χ4v) is 3.60. The first-order valence-corrected chi connectivity index (χ1v) is 9.21. The van der Waals surface area contributed by atoms with E-state index >= 15 is 0 Å². The molecular formula is C17H17N3O5S. The molecule has 2 N–H and O–H groups in total. The highest BCUT2D eigenvalue weighted by Gasteiger charge is 2.19. The number of para-hydroxylation sites is 1. The molecule has 9 heteroatoms. The second-order valence-corrected chi connectivity index (χ2v) is 7.29. The number of fused-ring (bicyclic) bond motifs is 1. The number of carboxylic acids is 1. The van der Waals surface area contributed by atoms with Gasteiger partial charge in [-0.15, -0.1) is 0 Å². The van der Waals surface area contributed by atoms with Gasteiger partial charge in [-0.1, -0.05) is 18.2 Å². The molecular weight excluding hydrogens is 358 g/mol. The van der Waals surface area contributed by atoms with Gasteiger partial charge >= 0.3 is 5.97 Å². The predicted molar refractivity (Wildman–Crippen MR) is 95.1 cm³/mol. The number of hydrogen-bond acceptors (Lipinski definition) is 5. The smallest absolute Gasteiger partial charge is 0.335 e. The molecule has 3 rings (SSSR count). The van der Waals surface area contributed by atoms with Crippen LogP contribution in [0, 0.1) is 0 Å². The third-order valence-electron chi connectivity index (χ3n) is 3.77. The number of nitrogens with one attached hydrogen (secondary N) is 1. The topological polar surface area (TPSA) is 111 Å². The Balaban J connectivity index is 2.12. The first kappa shape index (κ1) is 18.1. The molecule has 0 atom stereocenters. The number of sulfonamides is 1. The van der Waals surface area contributed by atoms with Crippen molar-refractivity contribution in [2.45, 2.75) is 4.90 Å². The number of benzene rings is 2. The van der Waals surface area contributed by atoms with E-state index in [0.717, 1.165) is 17.0 Å². The van der Waals surface area contributed by atoms with Gasteiger partial charge in [0.25, 0.3) is 0 Å². The molecule has 136 valence electrons. The quantitative estimate of drug-likeness (QED) is 0.608. The molecule has 0 unspecified atom stereocenters. The summed E-state index contributed by atoms with van der Waals surface area (Å²) in [5, 5.41) is 14.5. The zero-order valence-corrected chi connectivity index (χ0v) is 14.7. The Morgan fingerprint density at radius 3 is 2.77 bits per heavy atom. The maximum Gasteiger partial charge on any atom is 0.335 e. The molecule has 26 heavy (non-hydrogen) atoms. The lowest BCUT2D eigenvalue weighted by Gasteiger charge is -2.11. The lowest BCUT2D eigenvalue weighted by atomic mass is 10.2. The highest BCUT2D eigenvalue weighted by Crippen LogP contribution is 2.22. The van der Waals surface area contributed by atoms with Gasteiger partial charge < -0.3 is 9.84 Å². The first-order valence-electron chi connectivity index (χ1n) is 7.72. The molecule has 0 spiro atoms. The van der Waals surface area contributed by atoms with Crippen LogP contribution in [0.5, 0.6) is 0 Å². The monoisotopic (exact) mass is 375 g/mol. The summed E-state index contributed by atoms with van der Waals surface area (Å²) in [6.07, 6.45) is 1.63. The Bertz CT molecular complexity index is 1060. The zero-order chi connectivity index (χ0) is 18.7. The fourth-order valence-electron chi connectivity index (χ4n) is 2.52. The minimum atomic E-state index is -3.89.